The van der Waals surface area contributed by atoms with Crippen molar-refractivity contribution in [1.82, 2.24) is 9.88 Å². The molecule has 1 aromatic heterocycles. The number of piperidine rings is 1. The molecule has 5 nitrogen and oxygen atoms in total. The Labute approximate surface area is 134 Å². The van der Waals surface area contributed by atoms with Gasteiger partial charge in [-0.1, -0.05) is 18.2 Å². The molecule has 2 aromatic rings. The molecule has 2 saturated heterocycles. The van der Waals surface area contributed by atoms with Crippen LogP contribution in [0.1, 0.15) is 36.0 Å². The van der Waals surface area contributed by atoms with Gasteiger partial charge in [0.1, 0.15) is 6.10 Å². The third-order valence-electron chi connectivity index (χ3n) is 5.25. The van der Waals surface area contributed by atoms with Crippen molar-refractivity contribution in [3.05, 3.63) is 35.9 Å². The molecule has 2 aliphatic rings. The van der Waals surface area contributed by atoms with Gasteiger partial charge in [0, 0.05) is 36.4 Å². The molecule has 1 N–H and O–H groups in total. The maximum absolute atomic E-state index is 12.6. The lowest BCUT2D eigenvalue weighted by Crippen LogP contribution is -2.43. The minimum atomic E-state index is -0.368. The van der Waals surface area contributed by atoms with E-state index < -0.39 is 0 Å². The molecule has 2 atom stereocenters. The second kappa shape index (κ2) is 5.49. The molecule has 0 radical (unpaired) electrons. The molecular formula is C18H20N2O3. The van der Waals surface area contributed by atoms with Gasteiger partial charge in [-0.25, -0.2) is 9.78 Å². The predicted molar refractivity (Wildman–Crippen MR) is 86.4 cm³/mol. The Hall–Kier alpha value is -2.14. The third-order valence-corrected chi connectivity index (χ3v) is 5.25. The van der Waals surface area contributed by atoms with Crippen molar-refractivity contribution in [2.24, 2.45) is 0 Å². The Bertz CT molecular complexity index is 747. The summed E-state index contributed by atoms with van der Waals surface area (Å²) < 4.78 is 5.77. The lowest BCUT2D eigenvalue weighted by Gasteiger charge is -2.35. The van der Waals surface area contributed by atoms with Gasteiger partial charge in [-0.3, -0.25) is 0 Å². The van der Waals surface area contributed by atoms with Crippen LogP contribution in [0.15, 0.2) is 30.3 Å². The summed E-state index contributed by atoms with van der Waals surface area (Å²) in [6.07, 6.45) is 4.13. The number of nitrogens with zero attached hydrogens (tertiary/aromatic N) is 2. The summed E-state index contributed by atoms with van der Waals surface area (Å²) in [6, 6.07) is 9.74. The van der Waals surface area contributed by atoms with E-state index in [1.54, 1.807) is 6.07 Å². The highest BCUT2D eigenvalue weighted by Gasteiger charge is 2.40. The van der Waals surface area contributed by atoms with Gasteiger partial charge in [0.2, 0.25) is 5.88 Å². The van der Waals surface area contributed by atoms with Gasteiger partial charge in [-0.05, 0) is 26.0 Å². The molecule has 0 saturated carbocycles. The molecule has 1 aromatic carbocycles. The Kier molecular flexibility index (Phi) is 3.45. The first-order valence-corrected chi connectivity index (χ1v) is 8.13. The van der Waals surface area contributed by atoms with Crippen LogP contribution in [0.5, 0.6) is 5.88 Å². The van der Waals surface area contributed by atoms with Gasteiger partial charge in [-0.15, -0.1) is 0 Å². The summed E-state index contributed by atoms with van der Waals surface area (Å²) in [6.45, 7) is 0. The average molecular weight is 312 g/mol. The van der Waals surface area contributed by atoms with E-state index in [0.717, 1.165) is 12.8 Å². The fraction of sp³-hybridized carbons (Fsp3) is 0.444. The zero-order chi connectivity index (χ0) is 16.0. The van der Waals surface area contributed by atoms with Crippen LogP contribution in [0, 0.1) is 0 Å². The van der Waals surface area contributed by atoms with E-state index in [2.05, 4.69) is 16.9 Å². The molecule has 0 spiro atoms. The monoisotopic (exact) mass is 312 g/mol. The van der Waals surface area contributed by atoms with Crippen molar-refractivity contribution in [3.8, 4) is 5.88 Å². The van der Waals surface area contributed by atoms with E-state index in [9.17, 15) is 9.90 Å². The number of hydrogen-bond donors (Lipinski definition) is 1. The predicted octanol–water partition coefficient (Wildman–Crippen LogP) is 2.72. The number of rotatable bonds is 2. The summed E-state index contributed by atoms with van der Waals surface area (Å²) in [4.78, 5) is 19.1. The van der Waals surface area contributed by atoms with Crippen molar-refractivity contribution in [2.75, 3.05) is 7.05 Å². The van der Waals surface area contributed by atoms with E-state index in [0.29, 0.717) is 28.6 Å². The molecular weight excluding hydrogens is 292 g/mol. The van der Waals surface area contributed by atoms with Crippen LogP contribution in [0.3, 0.4) is 0 Å². The largest absolute Gasteiger partial charge is 0.493 e. The highest BCUT2D eigenvalue weighted by Crippen LogP contribution is 2.36. The van der Waals surface area contributed by atoms with Crippen LogP contribution < -0.4 is 0 Å². The summed E-state index contributed by atoms with van der Waals surface area (Å²) in [5.41, 5.74) is 0.988. The van der Waals surface area contributed by atoms with Crippen LogP contribution in [-0.4, -0.2) is 46.2 Å². The van der Waals surface area contributed by atoms with Crippen LogP contribution in [0.2, 0.25) is 0 Å². The Balaban J connectivity index is 1.58. The minimum absolute atomic E-state index is 0.0368. The fourth-order valence-electron chi connectivity index (χ4n) is 4.00. The summed E-state index contributed by atoms with van der Waals surface area (Å²) >= 11 is 0. The van der Waals surface area contributed by atoms with Crippen LogP contribution in [0.4, 0.5) is 0 Å². The van der Waals surface area contributed by atoms with Crippen molar-refractivity contribution in [3.63, 3.8) is 0 Å². The number of benzene rings is 1. The molecule has 0 amide bonds. The van der Waals surface area contributed by atoms with Gasteiger partial charge < -0.3 is 14.7 Å². The number of aromatic nitrogens is 1. The number of aromatic hydroxyl groups is 1. The number of para-hydroxylation sites is 1. The number of esters is 1. The van der Waals surface area contributed by atoms with Crippen molar-refractivity contribution >= 4 is 16.9 Å². The van der Waals surface area contributed by atoms with Gasteiger partial charge in [0.05, 0.1) is 11.1 Å². The summed E-state index contributed by atoms with van der Waals surface area (Å²) in [7, 11) is 2.16. The first kappa shape index (κ1) is 14.5. The maximum atomic E-state index is 12.6. The van der Waals surface area contributed by atoms with E-state index in [-0.39, 0.29) is 18.0 Å². The topological polar surface area (TPSA) is 62.7 Å². The van der Waals surface area contributed by atoms with Crippen molar-refractivity contribution in [2.45, 2.75) is 43.9 Å². The first-order chi connectivity index (χ1) is 11.1. The zero-order valence-corrected chi connectivity index (χ0v) is 13.1. The van der Waals surface area contributed by atoms with Gasteiger partial charge in [-0.2, -0.15) is 0 Å². The molecule has 5 heteroatoms. The molecule has 4 rings (SSSR count). The lowest BCUT2D eigenvalue weighted by atomic mass is 10.0. The number of pyridine rings is 1. The van der Waals surface area contributed by atoms with E-state index in [1.165, 1.54) is 18.9 Å². The van der Waals surface area contributed by atoms with E-state index >= 15 is 0 Å². The smallest absolute Gasteiger partial charge is 0.339 e. The number of fused-ring (bicyclic) bond motifs is 3. The van der Waals surface area contributed by atoms with Crippen molar-refractivity contribution in [1.29, 1.82) is 0 Å². The van der Waals surface area contributed by atoms with Crippen LogP contribution in [-0.2, 0) is 4.74 Å². The Morgan fingerprint density at radius 2 is 1.96 bits per heavy atom. The standard InChI is InChI=1S/C18H20N2O3/c1-20-11-6-7-12(20)9-13(8-11)23-18(22)15-10-17(21)19-16-5-3-2-4-14(15)16/h2-5,10-13H,6-9H2,1H3,(H,19,21). The quantitative estimate of drug-likeness (QED) is 0.864. The average Bonchev–Trinajstić information content (AvgIpc) is 2.75. The number of ether oxygens (including phenoxy) is 1. The fourth-order valence-corrected chi connectivity index (χ4v) is 4.00. The second-order valence-corrected chi connectivity index (χ2v) is 6.59. The molecule has 2 aliphatic heterocycles. The van der Waals surface area contributed by atoms with Crippen LogP contribution in [0.25, 0.3) is 10.9 Å². The molecule has 120 valence electrons. The molecule has 2 unspecified atom stereocenters. The summed E-state index contributed by atoms with van der Waals surface area (Å²) in [5, 5.41) is 10.5. The second-order valence-electron chi connectivity index (χ2n) is 6.59. The van der Waals surface area contributed by atoms with E-state index in [1.807, 2.05) is 18.2 Å². The number of carbonyl (C=O) groups excluding carboxylic acids is 1. The van der Waals surface area contributed by atoms with Gasteiger partial charge >= 0.3 is 5.97 Å². The molecule has 3 heterocycles. The lowest BCUT2D eigenvalue weighted by molar-refractivity contribution is -0.000304. The first-order valence-electron chi connectivity index (χ1n) is 8.13. The summed E-state index contributed by atoms with van der Waals surface area (Å²) in [5.74, 6) is -0.521. The highest BCUT2D eigenvalue weighted by molar-refractivity contribution is 6.03. The van der Waals surface area contributed by atoms with Gasteiger partial charge in [0.15, 0.2) is 0 Å². The Morgan fingerprint density at radius 3 is 2.70 bits per heavy atom. The molecule has 0 aliphatic carbocycles. The van der Waals surface area contributed by atoms with E-state index in [4.69, 9.17) is 4.74 Å². The van der Waals surface area contributed by atoms with Crippen molar-refractivity contribution < 1.29 is 14.6 Å². The van der Waals surface area contributed by atoms with Crippen LogP contribution >= 0.6 is 0 Å². The normalized spacial score (nSPS) is 27.3. The third kappa shape index (κ3) is 2.55. The Morgan fingerprint density at radius 1 is 1.26 bits per heavy atom. The highest BCUT2D eigenvalue weighted by atomic mass is 16.5. The minimum Gasteiger partial charge on any atom is -0.493 e. The number of hydrogen-bond acceptors (Lipinski definition) is 5. The zero-order valence-electron chi connectivity index (χ0n) is 13.1. The molecule has 23 heavy (non-hydrogen) atoms. The number of carbonyl (C=O) groups is 1. The van der Waals surface area contributed by atoms with Gasteiger partial charge in [0.25, 0.3) is 0 Å². The SMILES string of the molecule is CN1C2CCC1CC(OC(=O)c1cc(O)nc3ccccc13)C2. The molecule has 2 fully saturated rings. The molecule has 2 bridgehead atoms. The maximum Gasteiger partial charge on any atom is 0.339 e.